The second-order valence-corrected chi connectivity index (χ2v) is 5.00. The standard InChI is InChI=1S/C15H22N4O2/c1-2-8-16-14(20)18-9-11-19(12-10-18)15(21)17-13-6-4-3-5-7-13/h3-7H,2,8-12H2,1H3,(H,16,20)(H,17,21). The molecule has 6 heteroatoms. The number of rotatable bonds is 3. The Morgan fingerprint density at radius 3 is 2.14 bits per heavy atom. The van der Waals surface area contributed by atoms with Crippen LogP contribution < -0.4 is 10.6 Å². The van der Waals surface area contributed by atoms with E-state index in [2.05, 4.69) is 10.6 Å². The van der Waals surface area contributed by atoms with Crippen LogP contribution in [0.5, 0.6) is 0 Å². The van der Waals surface area contributed by atoms with Crippen molar-refractivity contribution >= 4 is 17.7 Å². The van der Waals surface area contributed by atoms with Crippen LogP contribution in [-0.4, -0.2) is 54.6 Å². The highest BCUT2D eigenvalue weighted by molar-refractivity contribution is 5.89. The lowest BCUT2D eigenvalue weighted by Gasteiger charge is -2.34. The number of carbonyl (C=O) groups is 2. The van der Waals surface area contributed by atoms with Gasteiger partial charge in [-0.1, -0.05) is 25.1 Å². The number of anilines is 1. The summed E-state index contributed by atoms with van der Waals surface area (Å²) >= 11 is 0. The molecule has 0 aromatic heterocycles. The molecule has 1 heterocycles. The summed E-state index contributed by atoms with van der Waals surface area (Å²) in [7, 11) is 0. The third-order valence-corrected chi connectivity index (χ3v) is 3.41. The van der Waals surface area contributed by atoms with Gasteiger partial charge in [-0.25, -0.2) is 9.59 Å². The molecule has 0 unspecified atom stereocenters. The Morgan fingerprint density at radius 1 is 1.00 bits per heavy atom. The highest BCUT2D eigenvalue weighted by atomic mass is 16.2. The topological polar surface area (TPSA) is 64.7 Å². The van der Waals surface area contributed by atoms with E-state index in [4.69, 9.17) is 0 Å². The number of hydrogen-bond donors (Lipinski definition) is 2. The molecule has 2 rings (SSSR count). The fraction of sp³-hybridized carbons (Fsp3) is 0.467. The first kappa shape index (κ1) is 15.2. The van der Waals surface area contributed by atoms with E-state index in [0.29, 0.717) is 32.7 Å². The molecule has 1 fully saturated rings. The van der Waals surface area contributed by atoms with Crippen LogP contribution in [0.1, 0.15) is 13.3 Å². The molecule has 0 radical (unpaired) electrons. The van der Waals surface area contributed by atoms with Crippen LogP contribution in [0.2, 0.25) is 0 Å². The molecule has 0 aliphatic carbocycles. The van der Waals surface area contributed by atoms with E-state index in [1.54, 1.807) is 9.80 Å². The van der Waals surface area contributed by atoms with Gasteiger partial charge in [0.15, 0.2) is 0 Å². The molecule has 6 nitrogen and oxygen atoms in total. The SMILES string of the molecule is CCCNC(=O)N1CCN(C(=O)Nc2ccccc2)CC1. The normalized spacial score (nSPS) is 14.7. The molecule has 0 spiro atoms. The summed E-state index contributed by atoms with van der Waals surface area (Å²) in [4.78, 5) is 27.4. The molecular weight excluding hydrogens is 268 g/mol. The van der Waals surface area contributed by atoms with Crippen LogP contribution >= 0.6 is 0 Å². The summed E-state index contributed by atoms with van der Waals surface area (Å²) in [6.45, 7) is 4.95. The van der Waals surface area contributed by atoms with Crippen LogP contribution in [0, 0.1) is 0 Å². The minimum Gasteiger partial charge on any atom is -0.338 e. The Bertz CT molecular complexity index is 470. The molecule has 1 aromatic rings. The Kier molecular flexibility index (Phi) is 5.43. The fourth-order valence-corrected chi connectivity index (χ4v) is 2.18. The smallest absolute Gasteiger partial charge is 0.321 e. The summed E-state index contributed by atoms with van der Waals surface area (Å²) in [5.41, 5.74) is 0.783. The maximum absolute atomic E-state index is 12.1. The number of urea groups is 2. The molecule has 1 aromatic carbocycles. The van der Waals surface area contributed by atoms with Gasteiger partial charge in [0.1, 0.15) is 0 Å². The number of carbonyl (C=O) groups excluding carboxylic acids is 2. The van der Waals surface area contributed by atoms with Gasteiger partial charge < -0.3 is 20.4 Å². The third kappa shape index (κ3) is 4.37. The quantitative estimate of drug-likeness (QED) is 0.893. The lowest BCUT2D eigenvalue weighted by molar-refractivity contribution is 0.149. The predicted molar refractivity (Wildman–Crippen MR) is 82.3 cm³/mol. The van der Waals surface area contributed by atoms with Gasteiger partial charge in [0.2, 0.25) is 0 Å². The van der Waals surface area contributed by atoms with Gasteiger partial charge in [-0.05, 0) is 18.6 Å². The van der Waals surface area contributed by atoms with Gasteiger partial charge in [0.25, 0.3) is 0 Å². The molecule has 0 bridgehead atoms. The second-order valence-electron chi connectivity index (χ2n) is 5.00. The minimum absolute atomic E-state index is 0.0417. The van der Waals surface area contributed by atoms with E-state index >= 15 is 0 Å². The van der Waals surface area contributed by atoms with Crippen molar-refractivity contribution in [1.29, 1.82) is 0 Å². The number of hydrogen-bond acceptors (Lipinski definition) is 2. The highest BCUT2D eigenvalue weighted by Gasteiger charge is 2.23. The first-order valence-corrected chi connectivity index (χ1v) is 7.34. The first-order chi connectivity index (χ1) is 10.2. The van der Waals surface area contributed by atoms with Gasteiger partial charge in [0, 0.05) is 38.4 Å². The van der Waals surface area contributed by atoms with Crippen LogP contribution in [0.3, 0.4) is 0 Å². The lowest BCUT2D eigenvalue weighted by atomic mass is 10.3. The molecule has 4 amide bonds. The van der Waals surface area contributed by atoms with Crippen LogP contribution in [0.15, 0.2) is 30.3 Å². The van der Waals surface area contributed by atoms with Crippen molar-refractivity contribution in [3.8, 4) is 0 Å². The Morgan fingerprint density at radius 2 is 1.57 bits per heavy atom. The van der Waals surface area contributed by atoms with Crippen molar-refractivity contribution in [2.45, 2.75) is 13.3 Å². The number of nitrogens with zero attached hydrogens (tertiary/aromatic N) is 2. The van der Waals surface area contributed by atoms with Crippen LogP contribution in [0.4, 0.5) is 15.3 Å². The fourth-order valence-electron chi connectivity index (χ4n) is 2.18. The minimum atomic E-state index is -0.116. The Hall–Kier alpha value is -2.24. The van der Waals surface area contributed by atoms with Crippen molar-refractivity contribution in [2.24, 2.45) is 0 Å². The summed E-state index contributed by atoms with van der Waals surface area (Å²) in [5.74, 6) is 0. The zero-order valence-electron chi connectivity index (χ0n) is 12.3. The maximum atomic E-state index is 12.1. The van der Waals surface area contributed by atoms with E-state index in [0.717, 1.165) is 12.1 Å². The molecule has 0 atom stereocenters. The Balaban J connectivity index is 1.78. The summed E-state index contributed by atoms with van der Waals surface area (Å²) in [6, 6.07) is 9.22. The predicted octanol–water partition coefficient (Wildman–Crippen LogP) is 1.96. The number of para-hydroxylation sites is 1. The van der Waals surface area contributed by atoms with Gasteiger partial charge in [0.05, 0.1) is 0 Å². The van der Waals surface area contributed by atoms with E-state index < -0.39 is 0 Å². The summed E-state index contributed by atoms with van der Waals surface area (Å²) in [5, 5.41) is 5.71. The average molecular weight is 290 g/mol. The van der Waals surface area contributed by atoms with Gasteiger partial charge in [-0.3, -0.25) is 0 Å². The van der Waals surface area contributed by atoms with Gasteiger partial charge >= 0.3 is 12.1 Å². The number of nitrogens with one attached hydrogen (secondary N) is 2. The summed E-state index contributed by atoms with van der Waals surface area (Å²) < 4.78 is 0. The first-order valence-electron chi connectivity index (χ1n) is 7.34. The molecule has 2 N–H and O–H groups in total. The number of piperazine rings is 1. The highest BCUT2D eigenvalue weighted by Crippen LogP contribution is 2.08. The zero-order chi connectivity index (χ0) is 15.1. The lowest BCUT2D eigenvalue weighted by Crippen LogP contribution is -2.54. The van der Waals surface area contributed by atoms with Crippen molar-refractivity contribution in [3.63, 3.8) is 0 Å². The van der Waals surface area contributed by atoms with E-state index in [1.165, 1.54) is 0 Å². The van der Waals surface area contributed by atoms with E-state index in [9.17, 15) is 9.59 Å². The molecule has 1 aliphatic rings. The van der Waals surface area contributed by atoms with Gasteiger partial charge in [-0.15, -0.1) is 0 Å². The van der Waals surface area contributed by atoms with Crippen molar-refractivity contribution in [1.82, 2.24) is 15.1 Å². The average Bonchev–Trinajstić information content (AvgIpc) is 2.53. The molecule has 1 saturated heterocycles. The van der Waals surface area contributed by atoms with Gasteiger partial charge in [-0.2, -0.15) is 0 Å². The largest absolute Gasteiger partial charge is 0.338 e. The zero-order valence-corrected chi connectivity index (χ0v) is 12.3. The molecule has 0 saturated carbocycles. The molecule has 1 aliphatic heterocycles. The van der Waals surface area contributed by atoms with Crippen molar-refractivity contribution < 1.29 is 9.59 Å². The van der Waals surface area contributed by atoms with Crippen molar-refractivity contribution in [2.75, 3.05) is 38.0 Å². The molecular formula is C15H22N4O2. The summed E-state index contributed by atoms with van der Waals surface area (Å²) in [6.07, 6.45) is 0.922. The number of benzene rings is 1. The van der Waals surface area contributed by atoms with Crippen LogP contribution in [0.25, 0.3) is 0 Å². The maximum Gasteiger partial charge on any atom is 0.321 e. The Labute approximate surface area is 125 Å². The van der Waals surface area contributed by atoms with Crippen molar-refractivity contribution in [3.05, 3.63) is 30.3 Å². The number of amides is 4. The van der Waals surface area contributed by atoms with E-state index in [-0.39, 0.29) is 12.1 Å². The third-order valence-electron chi connectivity index (χ3n) is 3.41. The van der Waals surface area contributed by atoms with Crippen LogP contribution in [-0.2, 0) is 0 Å². The molecule has 114 valence electrons. The second kappa shape index (κ2) is 7.52. The molecule has 21 heavy (non-hydrogen) atoms. The van der Waals surface area contributed by atoms with E-state index in [1.807, 2.05) is 37.3 Å². The monoisotopic (exact) mass is 290 g/mol.